The van der Waals surface area contributed by atoms with Crippen molar-refractivity contribution in [2.75, 3.05) is 13.6 Å². The van der Waals surface area contributed by atoms with Gasteiger partial charge in [0.15, 0.2) is 11.8 Å². The van der Waals surface area contributed by atoms with Crippen LogP contribution < -0.4 is 11.5 Å². The summed E-state index contributed by atoms with van der Waals surface area (Å²) in [5.41, 5.74) is 11.7. The normalized spacial score (nSPS) is 16.4. The van der Waals surface area contributed by atoms with Crippen molar-refractivity contribution in [1.82, 2.24) is 14.7 Å². The van der Waals surface area contributed by atoms with E-state index < -0.39 is 0 Å². The van der Waals surface area contributed by atoms with E-state index in [4.69, 9.17) is 11.5 Å². The van der Waals surface area contributed by atoms with Gasteiger partial charge in [0.25, 0.3) is 0 Å². The molecular formula is C8H14N6. The maximum absolute atomic E-state index is 5.28. The number of hydrogen-bond acceptors (Lipinski definition) is 3. The second kappa shape index (κ2) is 3.30. The van der Waals surface area contributed by atoms with Crippen LogP contribution in [-0.4, -0.2) is 34.2 Å². The fraction of sp³-hybridized carbons (Fsp3) is 0.500. The summed E-state index contributed by atoms with van der Waals surface area (Å²) in [5.74, 6) is 0.643. The highest BCUT2D eigenvalue weighted by molar-refractivity contribution is 5.78. The average molecular weight is 194 g/mol. The number of nitrogens with two attached hydrogens (primary N) is 2. The standard InChI is InChI=1S/C8H14N6/c1-13-2-3-14-6(5-13)4-7(12-14)11-8(9)10/h4H,2-3,5H2,1H3,(H4,9,10,11,12). The molecule has 76 valence electrons. The van der Waals surface area contributed by atoms with Crippen molar-refractivity contribution in [2.24, 2.45) is 16.5 Å². The molecule has 0 amide bonds. The Labute approximate surface area is 82.2 Å². The topological polar surface area (TPSA) is 85.5 Å². The summed E-state index contributed by atoms with van der Waals surface area (Å²) < 4.78 is 1.95. The van der Waals surface area contributed by atoms with Gasteiger partial charge in [0, 0.05) is 19.2 Å². The van der Waals surface area contributed by atoms with Crippen molar-refractivity contribution in [2.45, 2.75) is 13.1 Å². The molecule has 1 aliphatic rings. The molecule has 0 bridgehead atoms. The molecule has 0 spiro atoms. The Morgan fingerprint density at radius 3 is 3.00 bits per heavy atom. The molecule has 0 aliphatic carbocycles. The molecule has 1 aliphatic heterocycles. The van der Waals surface area contributed by atoms with Crippen molar-refractivity contribution in [3.05, 3.63) is 11.8 Å². The van der Waals surface area contributed by atoms with Crippen LogP contribution in [0.3, 0.4) is 0 Å². The third-order valence-corrected chi connectivity index (χ3v) is 2.22. The summed E-state index contributed by atoms with van der Waals surface area (Å²) in [5, 5.41) is 4.27. The molecule has 1 aromatic rings. The van der Waals surface area contributed by atoms with Crippen LogP contribution in [0.2, 0.25) is 0 Å². The Bertz CT molecular complexity index is 362. The number of guanidine groups is 1. The minimum absolute atomic E-state index is 0.0498. The van der Waals surface area contributed by atoms with E-state index in [9.17, 15) is 0 Å². The zero-order valence-corrected chi connectivity index (χ0v) is 8.14. The van der Waals surface area contributed by atoms with Crippen LogP contribution in [0.5, 0.6) is 0 Å². The summed E-state index contributed by atoms with van der Waals surface area (Å²) in [6.45, 7) is 2.80. The van der Waals surface area contributed by atoms with Crippen molar-refractivity contribution in [3.63, 3.8) is 0 Å². The number of rotatable bonds is 1. The monoisotopic (exact) mass is 194 g/mol. The maximum atomic E-state index is 5.28. The molecule has 2 heterocycles. The zero-order valence-electron chi connectivity index (χ0n) is 8.14. The number of aliphatic imine (C=N–C) groups is 1. The highest BCUT2D eigenvalue weighted by Crippen LogP contribution is 2.16. The molecule has 2 rings (SSSR count). The molecule has 0 saturated carbocycles. The van der Waals surface area contributed by atoms with Crippen LogP contribution in [0.15, 0.2) is 11.1 Å². The first-order valence-electron chi connectivity index (χ1n) is 4.50. The fourth-order valence-electron chi connectivity index (χ4n) is 1.57. The molecular weight excluding hydrogens is 180 g/mol. The molecule has 0 radical (unpaired) electrons. The SMILES string of the molecule is CN1CCn2nc(N=C(N)N)cc2C1. The second-order valence-corrected chi connectivity index (χ2v) is 3.49. The Balaban J connectivity index is 2.28. The second-order valence-electron chi connectivity index (χ2n) is 3.49. The minimum atomic E-state index is 0.0498. The summed E-state index contributed by atoms with van der Waals surface area (Å²) in [4.78, 5) is 6.14. The number of likely N-dealkylation sites (N-methyl/N-ethyl adjacent to an activating group) is 1. The van der Waals surface area contributed by atoms with Crippen LogP contribution in [0.1, 0.15) is 5.69 Å². The van der Waals surface area contributed by atoms with Gasteiger partial charge in [0.05, 0.1) is 12.2 Å². The highest BCUT2D eigenvalue weighted by Gasteiger charge is 2.14. The Hall–Kier alpha value is -1.56. The van der Waals surface area contributed by atoms with Gasteiger partial charge in [-0.2, -0.15) is 10.1 Å². The first-order valence-corrected chi connectivity index (χ1v) is 4.50. The molecule has 4 N–H and O–H groups in total. The molecule has 14 heavy (non-hydrogen) atoms. The Kier molecular flexibility index (Phi) is 2.12. The van der Waals surface area contributed by atoms with Gasteiger partial charge in [-0.3, -0.25) is 9.58 Å². The number of nitrogens with zero attached hydrogens (tertiary/aromatic N) is 4. The van der Waals surface area contributed by atoms with E-state index in [1.54, 1.807) is 0 Å². The lowest BCUT2D eigenvalue weighted by molar-refractivity contribution is 0.259. The van der Waals surface area contributed by atoms with Crippen molar-refractivity contribution in [1.29, 1.82) is 0 Å². The van der Waals surface area contributed by atoms with Gasteiger partial charge in [0.2, 0.25) is 0 Å². The third kappa shape index (κ3) is 1.69. The van der Waals surface area contributed by atoms with E-state index in [-0.39, 0.29) is 5.96 Å². The van der Waals surface area contributed by atoms with E-state index in [1.165, 1.54) is 0 Å². The van der Waals surface area contributed by atoms with Crippen molar-refractivity contribution < 1.29 is 0 Å². The summed E-state index contributed by atoms with van der Waals surface area (Å²) in [6.07, 6.45) is 0. The van der Waals surface area contributed by atoms with Crippen molar-refractivity contribution >= 4 is 11.8 Å². The molecule has 0 saturated heterocycles. The van der Waals surface area contributed by atoms with Crippen LogP contribution in [0, 0.1) is 0 Å². The molecule has 0 unspecified atom stereocenters. The molecule has 0 atom stereocenters. The molecule has 0 fully saturated rings. The smallest absolute Gasteiger partial charge is 0.192 e. The van der Waals surface area contributed by atoms with Crippen LogP contribution in [-0.2, 0) is 13.1 Å². The Morgan fingerprint density at radius 1 is 1.50 bits per heavy atom. The molecule has 1 aromatic heterocycles. The first kappa shape index (κ1) is 9.01. The van der Waals surface area contributed by atoms with Gasteiger partial charge >= 0.3 is 0 Å². The third-order valence-electron chi connectivity index (χ3n) is 2.22. The van der Waals surface area contributed by atoms with Gasteiger partial charge in [-0.25, -0.2) is 0 Å². The van der Waals surface area contributed by atoms with Crippen LogP contribution in [0.4, 0.5) is 5.82 Å². The van der Waals surface area contributed by atoms with E-state index in [1.807, 2.05) is 10.7 Å². The van der Waals surface area contributed by atoms with Gasteiger partial charge < -0.3 is 11.5 Å². The largest absolute Gasteiger partial charge is 0.370 e. The highest BCUT2D eigenvalue weighted by atomic mass is 15.4. The van der Waals surface area contributed by atoms with Crippen molar-refractivity contribution in [3.8, 4) is 0 Å². The van der Waals surface area contributed by atoms with E-state index in [2.05, 4.69) is 22.0 Å². The molecule has 6 heteroatoms. The predicted octanol–water partition coefficient (Wildman–Crippen LogP) is -0.767. The predicted molar refractivity (Wildman–Crippen MR) is 54.0 cm³/mol. The van der Waals surface area contributed by atoms with Crippen LogP contribution in [0.25, 0.3) is 0 Å². The quantitative estimate of drug-likeness (QED) is 0.454. The summed E-state index contributed by atoms with van der Waals surface area (Å²) in [6, 6.07) is 1.91. The van der Waals surface area contributed by atoms with E-state index in [0.717, 1.165) is 25.3 Å². The lowest BCUT2D eigenvalue weighted by Gasteiger charge is -2.22. The average Bonchev–Trinajstić information content (AvgIpc) is 2.44. The number of hydrogen-bond donors (Lipinski definition) is 2. The van der Waals surface area contributed by atoms with Gasteiger partial charge in [-0.1, -0.05) is 0 Å². The minimum Gasteiger partial charge on any atom is -0.370 e. The van der Waals surface area contributed by atoms with Gasteiger partial charge in [-0.15, -0.1) is 0 Å². The van der Waals surface area contributed by atoms with Gasteiger partial charge in [0.1, 0.15) is 0 Å². The lowest BCUT2D eigenvalue weighted by atomic mass is 10.3. The van der Waals surface area contributed by atoms with E-state index in [0.29, 0.717) is 5.82 Å². The molecule has 6 nitrogen and oxygen atoms in total. The lowest BCUT2D eigenvalue weighted by Crippen LogP contribution is -2.30. The molecule has 0 aromatic carbocycles. The maximum Gasteiger partial charge on any atom is 0.192 e. The van der Waals surface area contributed by atoms with Crippen LogP contribution >= 0.6 is 0 Å². The summed E-state index contributed by atoms with van der Waals surface area (Å²) in [7, 11) is 2.08. The van der Waals surface area contributed by atoms with E-state index >= 15 is 0 Å². The summed E-state index contributed by atoms with van der Waals surface area (Å²) >= 11 is 0. The first-order chi connectivity index (χ1) is 6.65. The number of fused-ring (bicyclic) bond motifs is 1. The Morgan fingerprint density at radius 2 is 2.29 bits per heavy atom. The number of aromatic nitrogens is 2. The van der Waals surface area contributed by atoms with Gasteiger partial charge in [-0.05, 0) is 7.05 Å². The fourth-order valence-corrected chi connectivity index (χ4v) is 1.57. The zero-order chi connectivity index (χ0) is 10.1.